The van der Waals surface area contributed by atoms with Gasteiger partial charge in [0.05, 0.1) is 5.60 Å². The molecule has 1 amide bonds. The second-order valence-corrected chi connectivity index (χ2v) is 6.39. The number of carbonyl (C=O) groups excluding carboxylic acids is 1. The molecule has 1 aliphatic carbocycles. The lowest BCUT2D eigenvalue weighted by molar-refractivity contribution is -0.131. The Kier molecular flexibility index (Phi) is 4.28. The van der Waals surface area contributed by atoms with Crippen LogP contribution in [0.2, 0.25) is 0 Å². The molecule has 1 saturated carbocycles. The van der Waals surface area contributed by atoms with Crippen molar-refractivity contribution in [3.63, 3.8) is 0 Å². The number of nitrogens with zero attached hydrogens (tertiary/aromatic N) is 1. The van der Waals surface area contributed by atoms with Crippen LogP contribution in [0.4, 0.5) is 0 Å². The zero-order chi connectivity index (χ0) is 13.2. The summed E-state index contributed by atoms with van der Waals surface area (Å²) in [6.07, 6.45) is 6.92. The first-order chi connectivity index (χ1) is 8.46. The van der Waals surface area contributed by atoms with Gasteiger partial charge in [-0.05, 0) is 38.5 Å². The lowest BCUT2D eigenvalue weighted by atomic mass is 9.83. The molecular formula is C14H26N2O2. The van der Waals surface area contributed by atoms with Gasteiger partial charge in [-0.15, -0.1) is 0 Å². The van der Waals surface area contributed by atoms with Crippen LogP contribution in [-0.4, -0.2) is 40.6 Å². The molecule has 4 heteroatoms. The first-order valence-electron chi connectivity index (χ1n) is 7.22. The maximum Gasteiger partial charge on any atom is 0.222 e. The second kappa shape index (κ2) is 5.57. The minimum atomic E-state index is -0.678. The highest BCUT2D eigenvalue weighted by molar-refractivity contribution is 5.76. The summed E-state index contributed by atoms with van der Waals surface area (Å²) in [6, 6.07) is 0.339. The molecule has 3 unspecified atom stereocenters. The summed E-state index contributed by atoms with van der Waals surface area (Å²) in [5.74, 6) is 0.827. The molecule has 0 aromatic rings. The summed E-state index contributed by atoms with van der Waals surface area (Å²) < 4.78 is 0. The van der Waals surface area contributed by atoms with Crippen LogP contribution in [0, 0.1) is 5.92 Å². The minimum absolute atomic E-state index is 0.201. The van der Waals surface area contributed by atoms with Crippen LogP contribution >= 0.6 is 0 Å². The van der Waals surface area contributed by atoms with Gasteiger partial charge in [0, 0.05) is 25.6 Å². The van der Waals surface area contributed by atoms with E-state index in [0.29, 0.717) is 37.9 Å². The number of likely N-dealkylation sites (tertiary alicyclic amines) is 1. The molecule has 0 aromatic carbocycles. The van der Waals surface area contributed by atoms with E-state index < -0.39 is 5.60 Å². The Morgan fingerprint density at radius 1 is 1.50 bits per heavy atom. The SMILES string of the molecule is CC1(O)CCN(C(=O)CCC2CCCC(N)C2)C1. The zero-order valence-electron chi connectivity index (χ0n) is 11.4. The van der Waals surface area contributed by atoms with Gasteiger partial charge in [0.15, 0.2) is 0 Å². The number of aliphatic hydroxyl groups is 1. The quantitative estimate of drug-likeness (QED) is 0.797. The molecule has 0 radical (unpaired) electrons. The van der Waals surface area contributed by atoms with Crippen LogP contribution in [0.3, 0.4) is 0 Å². The van der Waals surface area contributed by atoms with Gasteiger partial charge in [-0.1, -0.05) is 12.8 Å². The Labute approximate surface area is 110 Å². The molecule has 0 aromatic heterocycles. The van der Waals surface area contributed by atoms with Gasteiger partial charge < -0.3 is 15.7 Å². The third-order valence-corrected chi connectivity index (χ3v) is 4.39. The van der Waals surface area contributed by atoms with Gasteiger partial charge >= 0.3 is 0 Å². The van der Waals surface area contributed by atoms with Gasteiger partial charge in [-0.25, -0.2) is 0 Å². The highest BCUT2D eigenvalue weighted by atomic mass is 16.3. The second-order valence-electron chi connectivity index (χ2n) is 6.39. The fourth-order valence-electron chi connectivity index (χ4n) is 3.24. The lowest BCUT2D eigenvalue weighted by Gasteiger charge is -2.27. The van der Waals surface area contributed by atoms with Gasteiger partial charge in [0.1, 0.15) is 0 Å². The van der Waals surface area contributed by atoms with Gasteiger partial charge in [-0.2, -0.15) is 0 Å². The van der Waals surface area contributed by atoms with E-state index in [4.69, 9.17) is 5.73 Å². The van der Waals surface area contributed by atoms with E-state index in [0.717, 1.165) is 19.3 Å². The summed E-state index contributed by atoms with van der Waals surface area (Å²) in [5.41, 5.74) is 5.28. The third kappa shape index (κ3) is 3.69. The van der Waals surface area contributed by atoms with E-state index >= 15 is 0 Å². The maximum atomic E-state index is 12.0. The summed E-state index contributed by atoms with van der Waals surface area (Å²) in [5, 5.41) is 9.86. The monoisotopic (exact) mass is 254 g/mol. The molecule has 0 spiro atoms. The standard InChI is InChI=1S/C14H26N2O2/c1-14(18)7-8-16(10-14)13(17)6-5-11-3-2-4-12(15)9-11/h11-12,18H,2-10,15H2,1H3. The fourth-order valence-corrected chi connectivity index (χ4v) is 3.24. The molecule has 2 fully saturated rings. The number of β-amino-alcohol motifs (C(OH)–C–C–N with tert-alkyl or cyclic N) is 1. The lowest BCUT2D eigenvalue weighted by Crippen LogP contribution is -2.34. The Hall–Kier alpha value is -0.610. The van der Waals surface area contributed by atoms with Gasteiger partial charge in [0.2, 0.25) is 5.91 Å². The Morgan fingerprint density at radius 3 is 2.89 bits per heavy atom. The van der Waals surface area contributed by atoms with Crippen LogP contribution < -0.4 is 5.73 Å². The van der Waals surface area contributed by atoms with E-state index in [1.807, 2.05) is 4.90 Å². The van der Waals surface area contributed by atoms with Crippen molar-refractivity contribution in [1.82, 2.24) is 4.90 Å². The Morgan fingerprint density at radius 2 is 2.28 bits per heavy atom. The molecule has 1 heterocycles. The summed E-state index contributed by atoms with van der Waals surface area (Å²) >= 11 is 0. The average molecular weight is 254 g/mol. The maximum absolute atomic E-state index is 12.0. The van der Waals surface area contributed by atoms with Crippen LogP contribution in [-0.2, 0) is 4.79 Å². The number of nitrogens with two attached hydrogens (primary N) is 1. The molecule has 104 valence electrons. The van der Waals surface area contributed by atoms with Crippen molar-refractivity contribution in [3.05, 3.63) is 0 Å². The summed E-state index contributed by atoms with van der Waals surface area (Å²) in [4.78, 5) is 13.8. The number of carbonyl (C=O) groups is 1. The number of hydrogen-bond acceptors (Lipinski definition) is 3. The molecule has 3 N–H and O–H groups in total. The molecule has 18 heavy (non-hydrogen) atoms. The van der Waals surface area contributed by atoms with E-state index in [9.17, 15) is 9.90 Å². The smallest absolute Gasteiger partial charge is 0.222 e. The normalized spacial score (nSPS) is 36.9. The number of hydrogen-bond donors (Lipinski definition) is 2. The molecule has 1 aliphatic heterocycles. The summed E-state index contributed by atoms with van der Waals surface area (Å²) in [7, 11) is 0. The van der Waals surface area contributed by atoms with Crippen molar-refractivity contribution in [2.24, 2.45) is 11.7 Å². The fraction of sp³-hybridized carbons (Fsp3) is 0.929. The third-order valence-electron chi connectivity index (χ3n) is 4.39. The highest BCUT2D eigenvalue weighted by Crippen LogP contribution is 2.28. The molecule has 4 nitrogen and oxygen atoms in total. The molecule has 2 rings (SSSR count). The average Bonchev–Trinajstić information content (AvgIpc) is 2.67. The topological polar surface area (TPSA) is 66.6 Å². The number of rotatable bonds is 3. The van der Waals surface area contributed by atoms with Crippen LogP contribution in [0.25, 0.3) is 0 Å². The van der Waals surface area contributed by atoms with Crippen LogP contribution in [0.5, 0.6) is 0 Å². The van der Waals surface area contributed by atoms with Crippen LogP contribution in [0.15, 0.2) is 0 Å². The predicted octanol–water partition coefficient (Wildman–Crippen LogP) is 1.27. The van der Waals surface area contributed by atoms with Crippen molar-refractivity contribution in [2.45, 2.75) is 63.5 Å². The van der Waals surface area contributed by atoms with Crippen LogP contribution in [0.1, 0.15) is 51.9 Å². The van der Waals surface area contributed by atoms with E-state index in [-0.39, 0.29) is 5.91 Å². The van der Waals surface area contributed by atoms with Crippen molar-refractivity contribution < 1.29 is 9.90 Å². The molecular weight excluding hydrogens is 228 g/mol. The van der Waals surface area contributed by atoms with Crippen molar-refractivity contribution in [2.75, 3.05) is 13.1 Å². The van der Waals surface area contributed by atoms with E-state index in [1.165, 1.54) is 12.8 Å². The first-order valence-corrected chi connectivity index (χ1v) is 7.22. The largest absolute Gasteiger partial charge is 0.388 e. The van der Waals surface area contributed by atoms with Gasteiger partial charge in [-0.3, -0.25) is 4.79 Å². The van der Waals surface area contributed by atoms with Gasteiger partial charge in [0.25, 0.3) is 0 Å². The van der Waals surface area contributed by atoms with E-state index in [1.54, 1.807) is 6.92 Å². The minimum Gasteiger partial charge on any atom is -0.388 e. The summed E-state index contributed by atoms with van der Waals surface area (Å²) in [6.45, 7) is 3.01. The number of amides is 1. The van der Waals surface area contributed by atoms with Crippen molar-refractivity contribution in [1.29, 1.82) is 0 Å². The van der Waals surface area contributed by atoms with Crippen molar-refractivity contribution in [3.8, 4) is 0 Å². The predicted molar refractivity (Wildman–Crippen MR) is 71.0 cm³/mol. The molecule has 2 aliphatic rings. The first kappa shape index (κ1) is 13.8. The van der Waals surface area contributed by atoms with Crippen molar-refractivity contribution >= 4 is 5.91 Å². The molecule has 3 atom stereocenters. The molecule has 0 bridgehead atoms. The molecule has 1 saturated heterocycles. The zero-order valence-corrected chi connectivity index (χ0v) is 11.4. The van der Waals surface area contributed by atoms with E-state index in [2.05, 4.69) is 0 Å². The Bertz CT molecular complexity index is 304. The highest BCUT2D eigenvalue weighted by Gasteiger charge is 2.33. The Balaban J connectivity index is 1.72.